The Balaban J connectivity index is 0.00000131. The molecular formula is C20H20LiNO4. The summed E-state index contributed by atoms with van der Waals surface area (Å²) in [4.78, 5) is 25.0. The molecule has 0 saturated carbocycles. The number of fused-ring (bicyclic) bond motifs is 3. The molecule has 2 aromatic carbocycles. The van der Waals surface area contributed by atoms with E-state index in [2.05, 4.69) is 24.3 Å². The van der Waals surface area contributed by atoms with Crippen LogP contribution in [0.1, 0.15) is 31.3 Å². The first kappa shape index (κ1) is 18.6. The van der Waals surface area contributed by atoms with Crippen molar-refractivity contribution in [3.05, 3.63) is 59.7 Å². The van der Waals surface area contributed by atoms with Crippen molar-refractivity contribution in [3.8, 4) is 11.1 Å². The predicted octanol–water partition coefficient (Wildman–Crippen LogP) is 0.601. The molecule has 0 bridgehead atoms. The average Bonchev–Trinajstić information content (AvgIpc) is 3.23. The molecule has 0 radical (unpaired) electrons. The molecule has 4 rings (SSSR count). The number of benzene rings is 2. The van der Waals surface area contributed by atoms with Crippen LogP contribution in [0.2, 0.25) is 0 Å². The Kier molecular flexibility index (Phi) is 5.40. The van der Waals surface area contributed by atoms with E-state index in [9.17, 15) is 14.7 Å². The summed E-state index contributed by atoms with van der Waals surface area (Å²) in [6.45, 7) is 0.656. The van der Waals surface area contributed by atoms with Crippen LogP contribution in [0.4, 0.5) is 4.79 Å². The first-order valence-corrected chi connectivity index (χ1v) is 8.51. The maximum absolute atomic E-state index is 12.4. The van der Waals surface area contributed by atoms with Gasteiger partial charge in [-0.25, -0.2) is 9.59 Å². The second kappa shape index (κ2) is 7.57. The summed E-state index contributed by atoms with van der Waals surface area (Å²) in [6, 6.07) is 15.5. The van der Waals surface area contributed by atoms with Crippen molar-refractivity contribution in [2.24, 2.45) is 0 Å². The third kappa shape index (κ3) is 3.13. The Morgan fingerprint density at radius 1 is 1.08 bits per heavy atom. The van der Waals surface area contributed by atoms with E-state index in [0.29, 0.717) is 19.4 Å². The SMILES string of the molecule is O=C(O)C1CCCN1C(=O)OCC1c2ccccc2-c2ccccc21.[H-].[Li+]. The van der Waals surface area contributed by atoms with Crippen LogP contribution in [0, 0.1) is 0 Å². The van der Waals surface area contributed by atoms with Gasteiger partial charge in [0.2, 0.25) is 0 Å². The number of aliphatic carboxylic acids is 1. The van der Waals surface area contributed by atoms with Crippen LogP contribution in [0.15, 0.2) is 48.5 Å². The van der Waals surface area contributed by atoms with E-state index < -0.39 is 18.1 Å². The largest absolute Gasteiger partial charge is 1.00 e. The van der Waals surface area contributed by atoms with E-state index in [1.165, 1.54) is 16.0 Å². The van der Waals surface area contributed by atoms with Gasteiger partial charge in [0.05, 0.1) is 0 Å². The van der Waals surface area contributed by atoms with Crippen LogP contribution in [-0.2, 0) is 9.53 Å². The van der Waals surface area contributed by atoms with E-state index in [1.807, 2.05) is 24.3 Å². The van der Waals surface area contributed by atoms with Gasteiger partial charge in [0.1, 0.15) is 12.6 Å². The van der Waals surface area contributed by atoms with Crippen LogP contribution in [-0.4, -0.2) is 41.3 Å². The third-order valence-electron chi connectivity index (χ3n) is 5.11. The van der Waals surface area contributed by atoms with Gasteiger partial charge in [-0.1, -0.05) is 48.5 Å². The molecule has 6 heteroatoms. The fourth-order valence-electron chi connectivity index (χ4n) is 3.92. The summed E-state index contributed by atoms with van der Waals surface area (Å²) >= 11 is 0. The number of rotatable bonds is 3. The minimum absolute atomic E-state index is 0. The monoisotopic (exact) mass is 345 g/mol. The van der Waals surface area contributed by atoms with Gasteiger partial charge in [0.15, 0.2) is 0 Å². The zero-order valence-electron chi connectivity index (χ0n) is 15.7. The number of carboxylic acid groups (broad SMARTS) is 1. The van der Waals surface area contributed by atoms with Gasteiger partial charge < -0.3 is 11.3 Å². The molecule has 130 valence electrons. The van der Waals surface area contributed by atoms with Crippen molar-refractivity contribution >= 4 is 12.1 Å². The van der Waals surface area contributed by atoms with Crippen LogP contribution in [0.25, 0.3) is 11.1 Å². The minimum Gasteiger partial charge on any atom is -1.00 e. The number of carboxylic acids is 1. The molecule has 2 aromatic rings. The zero-order valence-corrected chi connectivity index (χ0v) is 14.7. The Hall–Kier alpha value is -2.22. The summed E-state index contributed by atoms with van der Waals surface area (Å²) < 4.78 is 5.53. The molecule has 26 heavy (non-hydrogen) atoms. The van der Waals surface area contributed by atoms with Gasteiger partial charge in [-0.3, -0.25) is 4.90 Å². The maximum atomic E-state index is 12.4. The Morgan fingerprint density at radius 3 is 2.23 bits per heavy atom. The van der Waals surface area contributed by atoms with Crippen molar-refractivity contribution in [2.75, 3.05) is 13.2 Å². The molecule has 1 amide bonds. The van der Waals surface area contributed by atoms with Crippen LogP contribution >= 0.6 is 0 Å². The van der Waals surface area contributed by atoms with Crippen molar-refractivity contribution in [3.63, 3.8) is 0 Å². The molecule has 1 atom stereocenters. The van der Waals surface area contributed by atoms with Crippen molar-refractivity contribution in [2.45, 2.75) is 24.8 Å². The Morgan fingerprint density at radius 2 is 1.65 bits per heavy atom. The molecule has 0 spiro atoms. The maximum Gasteiger partial charge on any atom is 1.00 e. The molecule has 1 aliphatic heterocycles. The van der Waals surface area contributed by atoms with Crippen molar-refractivity contribution in [1.29, 1.82) is 0 Å². The first-order chi connectivity index (χ1) is 12.2. The third-order valence-corrected chi connectivity index (χ3v) is 5.11. The average molecular weight is 345 g/mol. The molecule has 1 N–H and O–H groups in total. The number of ether oxygens (including phenoxy) is 1. The van der Waals surface area contributed by atoms with Crippen molar-refractivity contribution in [1.82, 2.24) is 4.90 Å². The standard InChI is InChI=1S/C20H19NO4.Li.H/c22-19(23)18-10-5-11-21(18)20(24)25-12-17-15-8-3-1-6-13(15)14-7-2-4-9-16(14)17;;/h1-4,6-9,17-18H,5,10-12H2,(H,22,23);;/q;+1;-1. The fraction of sp³-hybridized carbons (Fsp3) is 0.300. The molecule has 5 nitrogen and oxygen atoms in total. The minimum atomic E-state index is -0.967. The molecule has 2 aliphatic rings. The number of likely N-dealkylation sites (tertiary alicyclic amines) is 1. The quantitative estimate of drug-likeness (QED) is 0.828. The van der Waals surface area contributed by atoms with Crippen LogP contribution < -0.4 is 18.9 Å². The smallest absolute Gasteiger partial charge is 1.00 e. The number of hydrogen-bond acceptors (Lipinski definition) is 3. The zero-order chi connectivity index (χ0) is 17.4. The molecule has 1 fully saturated rings. The van der Waals surface area contributed by atoms with Crippen LogP contribution in [0.3, 0.4) is 0 Å². The predicted molar refractivity (Wildman–Crippen MR) is 93.5 cm³/mol. The van der Waals surface area contributed by atoms with Gasteiger partial charge in [-0.05, 0) is 35.1 Å². The Bertz CT molecular complexity index is 799. The normalized spacial score (nSPS) is 18.0. The molecule has 1 aliphatic carbocycles. The molecule has 1 heterocycles. The summed E-state index contributed by atoms with van der Waals surface area (Å²) in [6.07, 6.45) is 0.646. The topological polar surface area (TPSA) is 66.8 Å². The van der Waals surface area contributed by atoms with E-state index in [4.69, 9.17) is 4.74 Å². The second-order valence-corrected chi connectivity index (χ2v) is 6.49. The number of hydrogen-bond donors (Lipinski definition) is 1. The van der Waals surface area contributed by atoms with E-state index in [1.54, 1.807) is 0 Å². The van der Waals surface area contributed by atoms with Crippen LogP contribution in [0.5, 0.6) is 0 Å². The van der Waals surface area contributed by atoms with Gasteiger partial charge in [0.25, 0.3) is 0 Å². The van der Waals surface area contributed by atoms with Gasteiger partial charge in [-0.15, -0.1) is 0 Å². The number of nitrogens with zero attached hydrogens (tertiary/aromatic N) is 1. The first-order valence-electron chi connectivity index (χ1n) is 8.51. The summed E-state index contributed by atoms with van der Waals surface area (Å²) in [5.74, 6) is -0.978. The van der Waals surface area contributed by atoms with Crippen molar-refractivity contribution < 1.29 is 39.7 Å². The number of carbonyl (C=O) groups is 2. The van der Waals surface area contributed by atoms with Gasteiger partial charge in [-0.2, -0.15) is 0 Å². The number of amides is 1. The molecule has 1 saturated heterocycles. The fourth-order valence-corrected chi connectivity index (χ4v) is 3.92. The molecule has 1 unspecified atom stereocenters. The van der Waals surface area contributed by atoms with E-state index in [0.717, 1.165) is 11.1 Å². The summed E-state index contributed by atoms with van der Waals surface area (Å²) in [5.41, 5.74) is 4.63. The molecule has 0 aromatic heterocycles. The second-order valence-electron chi connectivity index (χ2n) is 6.49. The number of carbonyl (C=O) groups excluding carboxylic acids is 1. The van der Waals surface area contributed by atoms with Gasteiger partial charge in [0, 0.05) is 12.5 Å². The summed E-state index contributed by atoms with van der Waals surface area (Å²) in [7, 11) is 0. The van der Waals surface area contributed by atoms with E-state index in [-0.39, 0.29) is 32.8 Å². The van der Waals surface area contributed by atoms with Gasteiger partial charge >= 0.3 is 30.9 Å². The van der Waals surface area contributed by atoms with E-state index >= 15 is 0 Å². The Labute approximate surface area is 165 Å². The summed E-state index contributed by atoms with van der Waals surface area (Å²) in [5, 5.41) is 9.22. The molecular weight excluding hydrogens is 325 g/mol.